The van der Waals surface area contributed by atoms with E-state index in [-0.39, 0.29) is 5.78 Å². The average Bonchev–Trinajstić information content (AvgIpc) is 2.65. The summed E-state index contributed by atoms with van der Waals surface area (Å²) in [7, 11) is 0. The van der Waals surface area contributed by atoms with Crippen molar-refractivity contribution in [3.05, 3.63) is 44.5 Å². The Kier molecular flexibility index (Phi) is 3.66. The van der Waals surface area contributed by atoms with Gasteiger partial charge in [-0.15, -0.1) is 11.3 Å². The Hall–Kier alpha value is -0.710. The maximum absolute atomic E-state index is 13.1. The van der Waals surface area contributed by atoms with E-state index in [4.69, 9.17) is 11.6 Å². The standard InChI is InChI=1S/C12H7BrClFOS/c1-6(16)10-2-3-11(17-10)12-8(13)4-7(15)5-9(12)14/h2-5H,1H3. The van der Waals surface area contributed by atoms with E-state index in [1.165, 1.54) is 30.4 Å². The van der Waals surface area contributed by atoms with Crippen molar-refractivity contribution < 1.29 is 9.18 Å². The zero-order valence-electron chi connectivity index (χ0n) is 8.76. The molecular weight excluding hydrogens is 327 g/mol. The minimum atomic E-state index is -0.394. The molecule has 0 N–H and O–H groups in total. The van der Waals surface area contributed by atoms with Crippen LogP contribution in [0.3, 0.4) is 0 Å². The summed E-state index contributed by atoms with van der Waals surface area (Å²) in [6.07, 6.45) is 0. The van der Waals surface area contributed by atoms with Crippen LogP contribution in [0.2, 0.25) is 5.02 Å². The van der Waals surface area contributed by atoms with Crippen LogP contribution in [0.25, 0.3) is 10.4 Å². The van der Waals surface area contributed by atoms with Gasteiger partial charge in [-0.3, -0.25) is 4.79 Å². The zero-order valence-corrected chi connectivity index (χ0v) is 11.9. The third kappa shape index (κ3) is 2.59. The maximum Gasteiger partial charge on any atom is 0.169 e. The summed E-state index contributed by atoms with van der Waals surface area (Å²) in [6.45, 7) is 1.51. The van der Waals surface area contributed by atoms with Gasteiger partial charge in [0.15, 0.2) is 5.78 Å². The second-order valence-corrected chi connectivity index (χ2v) is 5.81. The number of benzene rings is 1. The smallest absolute Gasteiger partial charge is 0.169 e. The summed E-state index contributed by atoms with van der Waals surface area (Å²) in [5.41, 5.74) is 0.713. The van der Waals surface area contributed by atoms with Crippen molar-refractivity contribution in [1.29, 1.82) is 0 Å². The number of rotatable bonds is 2. The lowest BCUT2D eigenvalue weighted by Crippen LogP contribution is -1.84. The van der Waals surface area contributed by atoms with Gasteiger partial charge in [0.2, 0.25) is 0 Å². The van der Waals surface area contributed by atoms with Crippen LogP contribution in [0.5, 0.6) is 0 Å². The fourth-order valence-electron chi connectivity index (χ4n) is 1.44. The molecule has 88 valence electrons. The van der Waals surface area contributed by atoms with Gasteiger partial charge in [0.1, 0.15) is 5.82 Å². The Balaban J connectivity index is 2.56. The van der Waals surface area contributed by atoms with E-state index >= 15 is 0 Å². The molecule has 5 heteroatoms. The first-order valence-electron chi connectivity index (χ1n) is 4.74. The van der Waals surface area contributed by atoms with Crippen molar-refractivity contribution in [3.8, 4) is 10.4 Å². The highest BCUT2D eigenvalue weighted by atomic mass is 79.9. The summed E-state index contributed by atoms with van der Waals surface area (Å²) in [5, 5.41) is 0.328. The number of halogens is 3. The molecule has 2 aromatic rings. The molecule has 1 aromatic heterocycles. The fraction of sp³-hybridized carbons (Fsp3) is 0.0833. The molecule has 0 amide bonds. The molecule has 0 spiro atoms. The summed E-state index contributed by atoms with van der Waals surface area (Å²) in [5.74, 6) is -0.385. The molecule has 0 fully saturated rings. The molecule has 1 heterocycles. The number of hydrogen-bond donors (Lipinski definition) is 0. The van der Waals surface area contributed by atoms with Crippen molar-refractivity contribution in [3.63, 3.8) is 0 Å². The van der Waals surface area contributed by atoms with Gasteiger partial charge < -0.3 is 0 Å². The normalized spacial score (nSPS) is 10.6. The molecule has 0 bridgehead atoms. The Labute approximate surface area is 115 Å². The number of carbonyl (C=O) groups excluding carboxylic acids is 1. The van der Waals surface area contributed by atoms with Crippen LogP contribution in [0.15, 0.2) is 28.7 Å². The van der Waals surface area contributed by atoms with E-state index in [0.717, 1.165) is 4.88 Å². The van der Waals surface area contributed by atoms with Gasteiger partial charge in [0.05, 0.1) is 9.90 Å². The highest BCUT2D eigenvalue weighted by Gasteiger charge is 2.13. The highest BCUT2D eigenvalue weighted by molar-refractivity contribution is 9.10. The van der Waals surface area contributed by atoms with Gasteiger partial charge in [0, 0.05) is 14.9 Å². The van der Waals surface area contributed by atoms with Crippen LogP contribution < -0.4 is 0 Å². The molecule has 0 aliphatic carbocycles. The topological polar surface area (TPSA) is 17.1 Å². The van der Waals surface area contributed by atoms with E-state index in [1.807, 2.05) is 6.07 Å². The lowest BCUT2D eigenvalue weighted by molar-refractivity contribution is 0.102. The number of carbonyl (C=O) groups is 1. The molecule has 2 rings (SSSR count). The molecule has 0 radical (unpaired) electrons. The van der Waals surface area contributed by atoms with Crippen LogP contribution >= 0.6 is 38.9 Å². The predicted octanol–water partition coefficient (Wildman–Crippen LogP) is 5.17. The van der Waals surface area contributed by atoms with Gasteiger partial charge in [-0.2, -0.15) is 0 Å². The van der Waals surface area contributed by atoms with E-state index in [9.17, 15) is 9.18 Å². The van der Waals surface area contributed by atoms with Gasteiger partial charge >= 0.3 is 0 Å². The maximum atomic E-state index is 13.1. The first-order chi connectivity index (χ1) is 7.99. The highest BCUT2D eigenvalue weighted by Crippen LogP contribution is 2.39. The van der Waals surface area contributed by atoms with Gasteiger partial charge in [-0.25, -0.2) is 4.39 Å². The molecular formula is C12H7BrClFOS. The largest absolute Gasteiger partial charge is 0.294 e. The lowest BCUT2D eigenvalue weighted by Gasteiger charge is -2.04. The van der Waals surface area contributed by atoms with Gasteiger partial charge in [-0.1, -0.05) is 11.6 Å². The second kappa shape index (κ2) is 4.88. The minimum Gasteiger partial charge on any atom is -0.294 e. The Bertz CT molecular complexity index is 571. The summed E-state index contributed by atoms with van der Waals surface area (Å²) >= 11 is 10.6. The molecule has 0 aliphatic heterocycles. The van der Waals surface area contributed by atoms with E-state index in [0.29, 0.717) is 19.9 Å². The molecule has 0 saturated heterocycles. The quantitative estimate of drug-likeness (QED) is 0.693. The number of hydrogen-bond acceptors (Lipinski definition) is 2. The Morgan fingerprint density at radius 2 is 2.12 bits per heavy atom. The van der Waals surface area contributed by atoms with Gasteiger partial charge in [0.25, 0.3) is 0 Å². The Morgan fingerprint density at radius 1 is 1.41 bits per heavy atom. The van der Waals surface area contributed by atoms with E-state index < -0.39 is 5.82 Å². The van der Waals surface area contributed by atoms with Crippen molar-refractivity contribution in [2.75, 3.05) is 0 Å². The first-order valence-corrected chi connectivity index (χ1v) is 6.73. The van der Waals surface area contributed by atoms with Crippen molar-refractivity contribution in [2.24, 2.45) is 0 Å². The molecule has 0 unspecified atom stereocenters. The minimum absolute atomic E-state index is 0.00982. The van der Waals surface area contributed by atoms with Crippen LogP contribution in [-0.4, -0.2) is 5.78 Å². The molecule has 0 atom stereocenters. The lowest BCUT2D eigenvalue weighted by atomic mass is 10.2. The monoisotopic (exact) mass is 332 g/mol. The van der Waals surface area contributed by atoms with Crippen LogP contribution in [0, 0.1) is 5.82 Å². The molecule has 1 nitrogen and oxygen atoms in total. The summed E-state index contributed by atoms with van der Waals surface area (Å²) < 4.78 is 13.7. The van der Waals surface area contributed by atoms with Gasteiger partial charge in [-0.05, 0) is 47.1 Å². The van der Waals surface area contributed by atoms with Crippen LogP contribution in [0.1, 0.15) is 16.6 Å². The van der Waals surface area contributed by atoms with Crippen LogP contribution in [0.4, 0.5) is 4.39 Å². The van der Waals surface area contributed by atoms with Crippen molar-refractivity contribution in [1.82, 2.24) is 0 Å². The van der Waals surface area contributed by atoms with E-state index in [1.54, 1.807) is 6.07 Å². The number of thiophene rings is 1. The molecule has 17 heavy (non-hydrogen) atoms. The Morgan fingerprint density at radius 3 is 2.65 bits per heavy atom. The number of ketones is 1. The van der Waals surface area contributed by atoms with Crippen molar-refractivity contribution in [2.45, 2.75) is 6.92 Å². The summed E-state index contributed by atoms with van der Waals surface area (Å²) in [6, 6.07) is 6.17. The zero-order chi connectivity index (χ0) is 12.6. The molecule has 1 aromatic carbocycles. The molecule has 0 saturated carbocycles. The fourth-order valence-corrected chi connectivity index (χ4v) is 3.67. The van der Waals surface area contributed by atoms with Crippen LogP contribution in [-0.2, 0) is 0 Å². The molecule has 0 aliphatic rings. The SMILES string of the molecule is CC(=O)c1ccc(-c2c(Cl)cc(F)cc2Br)s1. The van der Waals surface area contributed by atoms with E-state index in [2.05, 4.69) is 15.9 Å². The third-order valence-corrected chi connectivity index (χ3v) is 4.33. The second-order valence-electron chi connectivity index (χ2n) is 3.46. The predicted molar refractivity (Wildman–Crippen MR) is 72.4 cm³/mol. The first kappa shape index (κ1) is 12.7. The third-order valence-electron chi connectivity index (χ3n) is 2.21. The van der Waals surface area contributed by atoms with Crippen molar-refractivity contribution >= 4 is 44.7 Å². The summed E-state index contributed by atoms with van der Waals surface area (Å²) in [4.78, 5) is 12.7. The average molecular weight is 334 g/mol. The number of Topliss-reactive ketones (excluding diaryl/α,β-unsaturated/α-hetero) is 1.